The van der Waals surface area contributed by atoms with Crippen LogP contribution in [-0.4, -0.2) is 36.0 Å². The molecule has 158 valence electrons. The molecular weight excluding hydrogens is 394 g/mol. The van der Waals surface area contributed by atoms with Gasteiger partial charge in [-0.05, 0) is 26.0 Å². The van der Waals surface area contributed by atoms with Gasteiger partial charge in [-0.15, -0.1) is 0 Å². The molecule has 2 aromatic carbocycles. The van der Waals surface area contributed by atoms with Gasteiger partial charge >= 0.3 is 17.7 Å². The molecule has 0 aliphatic carbocycles. The van der Waals surface area contributed by atoms with Crippen LogP contribution in [0.15, 0.2) is 48.5 Å². The van der Waals surface area contributed by atoms with Gasteiger partial charge in [-0.3, -0.25) is 20.2 Å². The van der Waals surface area contributed by atoms with E-state index in [-0.39, 0.29) is 17.9 Å². The second-order valence-corrected chi connectivity index (χ2v) is 5.92. The normalized spacial score (nSPS) is 11.1. The van der Waals surface area contributed by atoms with Gasteiger partial charge < -0.3 is 14.8 Å². The van der Waals surface area contributed by atoms with E-state index < -0.39 is 34.6 Å². The maximum Gasteiger partial charge on any atom is 0.339 e. The molecular formula is C20H21N3O7. The van der Waals surface area contributed by atoms with Gasteiger partial charge in [0, 0.05) is 18.2 Å². The van der Waals surface area contributed by atoms with E-state index in [0.717, 1.165) is 6.07 Å². The fraction of sp³-hybridized carbons (Fsp3) is 0.250. The average Bonchev–Trinajstić information content (AvgIpc) is 2.72. The molecule has 10 nitrogen and oxygen atoms in total. The SMILES string of the molecule is CCNC(=O)NC(=O)[C@@H](OC(=O)c1ccc(OCC)c([N+](=O)[O-])c1)c1ccccc1. The number of hydrogen-bond acceptors (Lipinski definition) is 7. The summed E-state index contributed by atoms with van der Waals surface area (Å²) in [6.45, 7) is 3.85. The lowest BCUT2D eigenvalue weighted by Gasteiger charge is -2.18. The van der Waals surface area contributed by atoms with Gasteiger partial charge in [0.2, 0.25) is 6.10 Å². The molecule has 0 unspecified atom stereocenters. The van der Waals surface area contributed by atoms with Crippen LogP contribution in [0.5, 0.6) is 5.75 Å². The molecule has 3 amide bonds. The highest BCUT2D eigenvalue weighted by Crippen LogP contribution is 2.29. The average molecular weight is 415 g/mol. The predicted octanol–water partition coefficient (Wildman–Crippen LogP) is 2.74. The number of nitrogens with zero attached hydrogens (tertiary/aromatic N) is 1. The Balaban J connectivity index is 2.30. The van der Waals surface area contributed by atoms with Crippen molar-refractivity contribution >= 4 is 23.6 Å². The lowest BCUT2D eigenvalue weighted by atomic mass is 10.1. The van der Waals surface area contributed by atoms with E-state index in [0.29, 0.717) is 12.1 Å². The zero-order chi connectivity index (χ0) is 22.1. The number of nitro benzene ring substituents is 1. The second-order valence-electron chi connectivity index (χ2n) is 5.92. The first-order chi connectivity index (χ1) is 14.4. The minimum atomic E-state index is -1.44. The van der Waals surface area contributed by atoms with Crippen LogP contribution >= 0.6 is 0 Å². The Labute approximate surface area is 172 Å². The van der Waals surface area contributed by atoms with Crippen LogP contribution in [0.4, 0.5) is 10.5 Å². The predicted molar refractivity (Wildman–Crippen MR) is 106 cm³/mol. The van der Waals surface area contributed by atoms with Gasteiger partial charge in [0.05, 0.1) is 17.1 Å². The van der Waals surface area contributed by atoms with Crippen molar-refractivity contribution in [1.29, 1.82) is 0 Å². The zero-order valence-electron chi connectivity index (χ0n) is 16.4. The first-order valence-electron chi connectivity index (χ1n) is 9.13. The van der Waals surface area contributed by atoms with Crippen molar-refractivity contribution in [3.63, 3.8) is 0 Å². The standard InChI is InChI=1S/C20H21N3O7/c1-3-21-20(26)22-18(24)17(13-8-6-5-7-9-13)30-19(25)14-10-11-16(29-4-2)15(12-14)23(27)28/h5-12,17H,3-4H2,1-2H3,(H2,21,22,24,26)/t17-/m0/s1. The first kappa shape index (κ1) is 22.3. The lowest BCUT2D eigenvalue weighted by molar-refractivity contribution is -0.385. The van der Waals surface area contributed by atoms with Crippen LogP contribution in [0.3, 0.4) is 0 Å². The molecule has 2 rings (SSSR count). The van der Waals surface area contributed by atoms with Crippen LogP contribution in [0, 0.1) is 10.1 Å². The number of esters is 1. The summed E-state index contributed by atoms with van der Waals surface area (Å²) in [5.74, 6) is -1.82. The van der Waals surface area contributed by atoms with E-state index >= 15 is 0 Å². The number of ether oxygens (including phenoxy) is 2. The highest BCUT2D eigenvalue weighted by molar-refractivity contribution is 5.99. The molecule has 0 aromatic heterocycles. The number of rotatable bonds is 8. The molecule has 30 heavy (non-hydrogen) atoms. The van der Waals surface area contributed by atoms with Crippen molar-refractivity contribution in [3.8, 4) is 5.75 Å². The Bertz CT molecular complexity index is 931. The van der Waals surface area contributed by atoms with Gasteiger partial charge in [-0.25, -0.2) is 9.59 Å². The Kier molecular flexibility index (Phi) is 7.86. The highest BCUT2D eigenvalue weighted by Gasteiger charge is 2.28. The molecule has 0 fully saturated rings. The molecule has 0 aliphatic heterocycles. The summed E-state index contributed by atoms with van der Waals surface area (Å²) in [4.78, 5) is 47.4. The molecule has 0 saturated carbocycles. The van der Waals surface area contributed by atoms with E-state index in [1.54, 1.807) is 44.2 Å². The molecule has 0 bridgehead atoms. The van der Waals surface area contributed by atoms with Gasteiger partial charge in [-0.1, -0.05) is 30.3 Å². The van der Waals surface area contributed by atoms with E-state index in [9.17, 15) is 24.5 Å². The number of imide groups is 1. The molecule has 0 heterocycles. The molecule has 2 aromatic rings. The van der Waals surface area contributed by atoms with Gasteiger partial charge in [0.1, 0.15) is 0 Å². The van der Waals surface area contributed by atoms with Gasteiger partial charge in [-0.2, -0.15) is 0 Å². The van der Waals surface area contributed by atoms with Gasteiger partial charge in [0.15, 0.2) is 5.75 Å². The quantitative estimate of drug-likeness (QED) is 0.384. The minimum absolute atomic E-state index is 0.00707. The largest absolute Gasteiger partial charge is 0.487 e. The number of nitrogens with one attached hydrogen (secondary N) is 2. The number of carbonyl (C=O) groups excluding carboxylic acids is 3. The molecule has 0 aliphatic rings. The summed E-state index contributed by atoms with van der Waals surface area (Å²) in [6, 6.07) is 10.9. The lowest BCUT2D eigenvalue weighted by Crippen LogP contribution is -2.42. The maximum atomic E-state index is 12.6. The summed E-state index contributed by atoms with van der Waals surface area (Å²) in [5, 5.41) is 15.8. The van der Waals surface area contributed by atoms with Crippen molar-refractivity contribution in [1.82, 2.24) is 10.6 Å². The highest BCUT2D eigenvalue weighted by atomic mass is 16.6. The third kappa shape index (κ3) is 5.77. The maximum absolute atomic E-state index is 12.6. The zero-order valence-corrected chi connectivity index (χ0v) is 16.4. The Morgan fingerprint density at radius 3 is 2.40 bits per heavy atom. The topological polar surface area (TPSA) is 137 Å². The van der Waals surface area contributed by atoms with E-state index in [2.05, 4.69) is 10.6 Å². The van der Waals surface area contributed by atoms with Crippen molar-refractivity contribution in [2.75, 3.05) is 13.2 Å². The first-order valence-corrected chi connectivity index (χ1v) is 9.13. The number of hydrogen-bond donors (Lipinski definition) is 2. The summed E-state index contributed by atoms with van der Waals surface area (Å²) in [6.07, 6.45) is -1.44. The molecule has 2 N–H and O–H groups in total. The van der Waals surface area contributed by atoms with Crippen molar-refractivity contribution in [2.45, 2.75) is 20.0 Å². The smallest absolute Gasteiger partial charge is 0.339 e. The Morgan fingerprint density at radius 1 is 1.10 bits per heavy atom. The molecule has 10 heteroatoms. The number of nitro groups is 1. The third-order valence-corrected chi connectivity index (χ3v) is 3.83. The molecule has 0 radical (unpaired) electrons. The van der Waals surface area contributed by atoms with Crippen LogP contribution in [0.1, 0.15) is 35.9 Å². The summed E-state index contributed by atoms with van der Waals surface area (Å²) in [5.41, 5.74) is -0.223. The van der Waals surface area contributed by atoms with E-state index in [4.69, 9.17) is 9.47 Å². The summed E-state index contributed by atoms with van der Waals surface area (Å²) < 4.78 is 10.5. The molecule has 1 atom stereocenters. The third-order valence-electron chi connectivity index (χ3n) is 3.83. The Morgan fingerprint density at radius 2 is 1.80 bits per heavy atom. The number of carbonyl (C=O) groups is 3. The van der Waals surface area contributed by atoms with E-state index in [1.807, 2.05) is 0 Å². The monoisotopic (exact) mass is 415 g/mol. The fourth-order valence-electron chi connectivity index (χ4n) is 2.52. The fourth-order valence-corrected chi connectivity index (χ4v) is 2.52. The minimum Gasteiger partial charge on any atom is -0.487 e. The van der Waals surface area contributed by atoms with Crippen LogP contribution < -0.4 is 15.4 Å². The molecule has 0 spiro atoms. The van der Waals surface area contributed by atoms with Crippen LogP contribution in [-0.2, 0) is 9.53 Å². The van der Waals surface area contributed by atoms with Crippen molar-refractivity contribution in [2.24, 2.45) is 0 Å². The molecule has 0 saturated heterocycles. The van der Waals surface area contributed by atoms with Crippen LogP contribution in [0.2, 0.25) is 0 Å². The van der Waals surface area contributed by atoms with Crippen molar-refractivity contribution < 1.29 is 28.8 Å². The van der Waals surface area contributed by atoms with Crippen molar-refractivity contribution in [3.05, 3.63) is 69.8 Å². The van der Waals surface area contributed by atoms with Crippen LogP contribution in [0.25, 0.3) is 0 Å². The summed E-state index contributed by atoms with van der Waals surface area (Å²) >= 11 is 0. The number of benzene rings is 2. The second kappa shape index (κ2) is 10.6. The number of amides is 3. The summed E-state index contributed by atoms with van der Waals surface area (Å²) in [7, 11) is 0. The Hall–Kier alpha value is -3.95. The number of urea groups is 1. The van der Waals surface area contributed by atoms with E-state index in [1.165, 1.54) is 12.1 Å². The van der Waals surface area contributed by atoms with Gasteiger partial charge in [0.25, 0.3) is 5.91 Å².